The molecule has 1 saturated carbocycles. The minimum Gasteiger partial charge on any atom is -0.263 e. The highest BCUT2D eigenvalue weighted by atomic mass is 16.8. The molecule has 0 radical (unpaired) electrons. The van der Waals surface area contributed by atoms with E-state index in [4.69, 9.17) is 0 Å². The van der Waals surface area contributed by atoms with Crippen LogP contribution in [0.1, 0.15) is 40.0 Å². The van der Waals surface area contributed by atoms with Crippen molar-refractivity contribution in [1.29, 1.82) is 0 Å². The molecule has 1 N–H and O–H groups in total. The average molecular weight is 186 g/mol. The first-order valence-corrected chi connectivity index (χ1v) is 4.78. The summed E-state index contributed by atoms with van der Waals surface area (Å²) in [5.74, 6) is 0.677. The van der Waals surface area contributed by atoms with E-state index in [1.54, 1.807) is 0 Å². The van der Waals surface area contributed by atoms with Crippen LogP contribution in [-0.4, -0.2) is 6.04 Å². The molecule has 76 valence electrons. The topological polar surface area (TPSA) is 50.7 Å². The fraction of sp³-hybridized carbons (Fsp3) is 1.00. The van der Waals surface area contributed by atoms with Gasteiger partial charge in [-0.05, 0) is 30.6 Å². The molecule has 0 bridgehead atoms. The highest BCUT2D eigenvalue weighted by Gasteiger charge is 2.32. The van der Waals surface area contributed by atoms with Crippen molar-refractivity contribution < 1.29 is 4.94 Å². The summed E-state index contributed by atoms with van der Waals surface area (Å²) in [5, 5.41) is 2.34. The van der Waals surface area contributed by atoms with Crippen molar-refractivity contribution in [3.63, 3.8) is 0 Å². The Kier molecular flexibility index (Phi) is 3.25. The summed E-state index contributed by atoms with van der Waals surface area (Å²) in [5.41, 5.74) is 3.01. The molecular formula is C9H18N2O2. The van der Waals surface area contributed by atoms with Crippen LogP contribution in [0.2, 0.25) is 0 Å². The van der Waals surface area contributed by atoms with E-state index in [1.807, 2.05) is 0 Å². The summed E-state index contributed by atoms with van der Waals surface area (Å²) in [6.45, 7) is 6.71. The van der Waals surface area contributed by atoms with Crippen molar-refractivity contribution >= 4 is 0 Å². The number of rotatable bonds is 3. The maximum atomic E-state index is 9.76. The third kappa shape index (κ3) is 3.30. The first-order chi connectivity index (χ1) is 6.03. The second-order valence-corrected chi connectivity index (χ2v) is 4.89. The van der Waals surface area contributed by atoms with E-state index in [0.29, 0.717) is 11.3 Å². The summed E-state index contributed by atoms with van der Waals surface area (Å²) in [7, 11) is 0. The van der Waals surface area contributed by atoms with Crippen LogP contribution in [0.4, 0.5) is 0 Å². The molecule has 0 heterocycles. The first kappa shape index (κ1) is 10.4. The summed E-state index contributed by atoms with van der Waals surface area (Å²) in [6, 6.07) is 0.261. The van der Waals surface area contributed by atoms with Crippen LogP contribution < -0.4 is 5.48 Å². The molecule has 2 atom stereocenters. The summed E-state index contributed by atoms with van der Waals surface area (Å²) in [4.78, 5) is 14.1. The monoisotopic (exact) mass is 186 g/mol. The Labute approximate surface area is 78.9 Å². The van der Waals surface area contributed by atoms with E-state index in [-0.39, 0.29) is 6.04 Å². The Bertz CT molecular complexity index is 182. The van der Waals surface area contributed by atoms with E-state index in [0.717, 1.165) is 12.8 Å². The lowest BCUT2D eigenvalue weighted by Gasteiger charge is -2.38. The van der Waals surface area contributed by atoms with E-state index in [2.05, 4.69) is 36.5 Å². The zero-order valence-electron chi connectivity index (χ0n) is 8.54. The second-order valence-electron chi connectivity index (χ2n) is 4.89. The Balaban J connectivity index is 2.42. The molecule has 4 nitrogen and oxygen atoms in total. The molecule has 0 aromatic carbocycles. The zero-order valence-corrected chi connectivity index (χ0v) is 8.54. The minimum absolute atomic E-state index is 0.261. The van der Waals surface area contributed by atoms with Gasteiger partial charge in [0.2, 0.25) is 0 Å². The molecule has 0 aliphatic heterocycles. The van der Waals surface area contributed by atoms with Gasteiger partial charge in [-0.1, -0.05) is 20.8 Å². The van der Waals surface area contributed by atoms with Crippen LogP contribution in [0, 0.1) is 16.2 Å². The normalized spacial score (nSPS) is 32.5. The van der Waals surface area contributed by atoms with Crippen molar-refractivity contribution in [2.75, 3.05) is 0 Å². The van der Waals surface area contributed by atoms with Gasteiger partial charge in [0.05, 0.1) is 0 Å². The van der Waals surface area contributed by atoms with Gasteiger partial charge in [0.1, 0.15) is 0 Å². The van der Waals surface area contributed by atoms with Gasteiger partial charge >= 0.3 is 0 Å². The average Bonchev–Trinajstić information content (AvgIpc) is 1.97. The van der Waals surface area contributed by atoms with Gasteiger partial charge in [0.15, 0.2) is 5.34 Å². The number of hydrogen-bond donors (Lipinski definition) is 1. The largest absolute Gasteiger partial charge is 0.263 e. The van der Waals surface area contributed by atoms with E-state index in [1.165, 1.54) is 6.42 Å². The maximum Gasteiger partial charge on any atom is 0.176 e. The van der Waals surface area contributed by atoms with Crippen LogP contribution in [0.3, 0.4) is 0 Å². The molecule has 4 heteroatoms. The van der Waals surface area contributed by atoms with Crippen molar-refractivity contribution in [3.05, 3.63) is 4.91 Å². The van der Waals surface area contributed by atoms with Crippen molar-refractivity contribution in [3.8, 4) is 0 Å². The predicted molar refractivity (Wildman–Crippen MR) is 50.6 cm³/mol. The SMILES string of the molecule is CC1CC(NON=O)CC(C)(C)C1. The van der Waals surface area contributed by atoms with Crippen LogP contribution >= 0.6 is 0 Å². The molecule has 0 aromatic heterocycles. The van der Waals surface area contributed by atoms with E-state index < -0.39 is 0 Å². The molecule has 0 amide bonds. The van der Waals surface area contributed by atoms with Gasteiger partial charge in [0.25, 0.3) is 0 Å². The highest BCUT2D eigenvalue weighted by Crippen LogP contribution is 2.38. The number of nitrogens with zero attached hydrogens (tertiary/aromatic N) is 1. The Morgan fingerprint density at radius 3 is 2.69 bits per heavy atom. The fourth-order valence-electron chi connectivity index (χ4n) is 2.53. The summed E-state index contributed by atoms with van der Waals surface area (Å²) in [6.07, 6.45) is 3.32. The van der Waals surface area contributed by atoms with Gasteiger partial charge in [0, 0.05) is 6.04 Å². The lowest BCUT2D eigenvalue weighted by atomic mass is 9.71. The third-order valence-corrected chi connectivity index (χ3v) is 2.64. The second kappa shape index (κ2) is 4.05. The van der Waals surface area contributed by atoms with Crippen molar-refractivity contribution in [2.24, 2.45) is 16.7 Å². The molecule has 1 aliphatic rings. The summed E-state index contributed by atoms with van der Waals surface area (Å²) < 4.78 is 0. The zero-order chi connectivity index (χ0) is 9.90. The number of hydrogen-bond acceptors (Lipinski definition) is 4. The first-order valence-electron chi connectivity index (χ1n) is 4.78. The Hall–Kier alpha value is -0.640. The predicted octanol–water partition coefficient (Wildman–Crippen LogP) is 2.40. The summed E-state index contributed by atoms with van der Waals surface area (Å²) >= 11 is 0. The van der Waals surface area contributed by atoms with Crippen molar-refractivity contribution in [1.82, 2.24) is 5.48 Å². The minimum atomic E-state index is 0.261. The highest BCUT2D eigenvalue weighted by molar-refractivity contribution is 4.84. The molecule has 0 spiro atoms. The van der Waals surface area contributed by atoms with Gasteiger partial charge in [-0.25, -0.2) is 0 Å². The van der Waals surface area contributed by atoms with Crippen LogP contribution in [0.15, 0.2) is 5.34 Å². The van der Waals surface area contributed by atoms with Gasteiger partial charge in [-0.15, -0.1) is 10.4 Å². The quantitative estimate of drug-likeness (QED) is 0.544. The lowest BCUT2D eigenvalue weighted by Crippen LogP contribution is -2.39. The molecule has 13 heavy (non-hydrogen) atoms. The molecule has 0 aromatic rings. The number of nitrogens with one attached hydrogen (secondary N) is 1. The maximum absolute atomic E-state index is 9.76. The number of hydroxylamine groups is 1. The van der Waals surface area contributed by atoms with E-state index >= 15 is 0 Å². The Morgan fingerprint density at radius 2 is 2.15 bits per heavy atom. The Morgan fingerprint density at radius 1 is 1.46 bits per heavy atom. The lowest BCUT2D eigenvalue weighted by molar-refractivity contribution is -0.0151. The molecule has 1 rings (SSSR count). The molecule has 1 aliphatic carbocycles. The molecular weight excluding hydrogens is 168 g/mol. The van der Waals surface area contributed by atoms with Crippen LogP contribution in [0.25, 0.3) is 0 Å². The van der Waals surface area contributed by atoms with Crippen LogP contribution in [0.5, 0.6) is 0 Å². The third-order valence-electron chi connectivity index (χ3n) is 2.64. The smallest absolute Gasteiger partial charge is 0.176 e. The molecule has 2 unspecified atom stereocenters. The van der Waals surface area contributed by atoms with Gasteiger partial charge in [-0.3, -0.25) is 4.94 Å². The van der Waals surface area contributed by atoms with Crippen molar-refractivity contribution in [2.45, 2.75) is 46.1 Å². The van der Waals surface area contributed by atoms with Crippen LogP contribution in [-0.2, 0) is 4.94 Å². The fourth-order valence-corrected chi connectivity index (χ4v) is 2.53. The molecule has 0 saturated heterocycles. The molecule has 1 fully saturated rings. The van der Waals surface area contributed by atoms with Gasteiger partial charge in [-0.2, -0.15) is 0 Å². The van der Waals surface area contributed by atoms with E-state index in [9.17, 15) is 4.91 Å². The van der Waals surface area contributed by atoms with Gasteiger partial charge < -0.3 is 0 Å². The standard InChI is InChI=1S/C9H18N2O2/c1-7-4-8(10-13-11-12)6-9(2,3)5-7/h7-8,10H,4-6H2,1-3H3.